The number of hydrogen-bond acceptors (Lipinski definition) is 2. The summed E-state index contributed by atoms with van der Waals surface area (Å²) >= 11 is 0. The van der Waals surface area contributed by atoms with Crippen molar-refractivity contribution < 1.29 is 0 Å². The third-order valence-electron chi connectivity index (χ3n) is 2.33. The number of nitrogens with zero attached hydrogens (tertiary/aromatic N) is 2. The minimum atomic E-state index is 0.149. The van der Waals surface area contributed by atoms with Gasteiger partial charge in [-0.15, -0.1) is 0 Å². The van der Waals surface area contributed by atoms with Crippen LogP contribution in [0.2, 0.25) is 0 Å². The highest BCUT2D eigenvalue weighted by Gasteiger charge is 2.14. The molecule has 0 saturated heterocycles. The van der Waals surface area contributed by atoms with Crippen LogP contribution >= 0.6 is 0 Å². The standard InChI is InChI=1S/C13H18N2/c1-13(2,3)11-6-7-12(15-5)10(8-11)9-14-4/h6-9H,5H2,1-4H3/b14-9-. The summed E-state index contributed by atoms with van der Waals surface area (Å²) in [6.07, 6.45) is 1.82. The third kappa shape index (κ3) is 2.75. The van der Waals surface area contributed by atoms with Crippen LogP contribution in [-0.2, 0) is 5.41 Å². The van der Waals surface area contributed by atoms with Crippen molar-refractivity contribution in [1.29, 1.82) is 0 Å². The summed E-state index contributed by atoms with van der Waals surface area (Å²) in [4.78, 5) is 8.00. The van der Waals surface area contributed by atoms with Gasteiger partial charge >= 0.3 is 0 Å². The smallest absolute Gasteiger partial charge is 0.0710 e. The van der Waals surface area contributed by atoms with E-state index in [1.165, 1.54) is 5.56 Å². The molecule has 80 valence electrons. The van der Waals surface area contributed by atoms with Gasteiger partial charge in [-0.25, -0.2) is 0 Å². The lowest BCUT2D eigenvalue weighted by Crippen LogP contribution is -2.11. The van der Waals surface area contributed by atoms with Crippen molar-refractivity contribution in [2.75, 3.05) is 7.05 Å². The van der Waals surface area contributed by atoms with Gasteiger partial charge in [0, 0.05) is 18.8 Å². The highest BCUT2D eigenvalue weighted by Crippen LogP contribution is 2.27. The minimum Gasteiger partial charge on any atom is -0.296 e. The van der Waals surface area contributed by atoms with E-state index >= 15 is 0 Å². The lowest BCUT2D eigenvalue weighted by atomic mass is 9.86. The monoisotopic (exact) mass is 202 g/mol. The topological polar surface area (TPSA) is 24.7 Å². The van der Waals surface area contributed by atoms with Crippen molar-refractivity contribution in [2.24, 2.45) is 9.98 Å². The first-order chi connectivity index (χ1) is 6.99. The number of aliphatic imine (C=N–C) groups is 2. The Morgan fingerprint density at radius 1 is 1.27 bits per heavy atom. The number of hydrogen-bond donors (Lipinski definition) is 0. The maximum Gasteiger partial charge on any atom is 0.0710 e. The molecule has 0 heterocycles. The third-order valence-corrected chi connectivity index (χ3v) is 2.33. The Balaban J connectivity index is 3.28. The van der Waals surface area contributed by atoms with E-state index in [0.717, 1.165) is 11.3 Å². The van der Waals surface area contributed by atoms with Crippen molar-refractivity contribution in [3.63, 3.8) is 0 Å². The fraction of sp³-hybridized carbons (Fsp3) is 0.385. The van der Waals surface area contributed by atoms with Gasteiger partial charge in [0.25, 0.3) is 0 Å². The van der Waals surface area contributed by atoms with Crippen molar-refractivity contribution in [3.8, 4) is 0 Å². The first-order valence-corrected chi connectivity index (χ1v) is 5.02. The molecular formula is C13H18N2. The molecule has 0 radical (unpaired) electrons. The van der Waals surface area contributed by atoms with Crippen molar-refractivity contribution in [1.82, 2.24) is 0 Å². The summed E-state index contributed by atoms with van der Waals surface area (Å²) in [7, 11) is 1.76. The van der Waals surface area contributed by atoms with E-state index in [-0.39, 0.29) is 5.41 Å². The van der Waals surface area contributed by atoms with Crippen LogP contribution in [0, 0.1) is 0 Å². The number of rotatable bonds is 2. The van der Waals surface area contributed by atoms with E-state index in [2.05, 4.69) is 49.6 Å². The molecule has 0 N–H and O–H groups in total. The Morgan fingerprint density at radius 2 is 1.93 bits per heavy atom. The van der Waals surface area contributed by atoms with Crippen LogP contribution in [0.15, 0.2) is 28.2 Å². The molecule has 2 nitrogen and oxygen atoms in total. The Kier molecular flexibility index (Phi) is 3.40. The molecule has 0 aliphatic carbocycles. The maximum atomic E-state index is 4.02. The summed E-state index contributed by atoms with van der Waals surface area (Å²) in [5.41, 5.74) is 3.34. The van der Waals surface area contributed by atoms with Crippen molar-refractivity contribution in [3.05, 3.63) is 29.3 Å². The Bertz CT molecular complexity index is 384. The van der Waals surface area contributed by atoms with Gasteiger partial charge in [0.1, 0.15) is 0 Å². The molecular weight excluding hydrogens is 184 g/mol. The summed E-state index contributed by atoms with van der Waals surface area (Å²) in [6, 6.07) is 6.21. The largest absolute Gasteiger partial charge is 0.296 e. The normalized spacial score (nSPS) is 12.0. The zero-order valence-electron chi connectivity index (χ0n) is 9.91. The van der Waals surface area contributed by atoms with E-state index in [4.69, 9.17) is 0 Å². The second-order valence-electron chi connectivity index (χ2n) is 4.57. The molecule has 0 aliphatic heterocycles. The van der Waals surface area contributed by atoms with Crippen LogP contribution in [0.25, 0.3) is 0 Å². The van der Waals surface area contributed by atoms with E-state index in [9.17, 15) is 0 Å². The van der Waals surface area contributed by atoms with E-state index in [0.29, 0.717) is 0 Å². The molecule has 2 heteroatoms. The van der Waals surface area contributed by atoms with Crippen LogP contribution < -0.4 is 0 Å². The van der Waals surface area contributed by atoms with Crippen LogP contribution in [0.4, 0.5) is 5.69 Å². The van der Waals surface area contributed by atoms with Gasteiger partial charge in [0.2, 0.25) is 0 Å². The van der Waals surface area contributed by atoms with Gasteiger partial charge < -0.3 is 0 Å². The van der Waals surface area contributed by atoms with Gasteiger partial charge in [-0.2, -0.15) is 0 Å². The molecule has 0 amide bonds. The Hall–Kier alpha value is -1.44. The lowest BCUT2D eigenvalue weighted by Gasteiger charge is -2.19. The summed E-state index contributed by atoms with van der Waals surface area (Å²) in [5.74, 6) is 0. The molecule has 1 aromatic carbocycles. The second kappa shape index (κ2) is 4.39. The van der Waals surface area contributed by atoms with Gasteiger partial charge in [-0.3, -0.25) is 9.98 Å². The molecule has 0 bridgehead atoms. The summed E-state index contributed by atoms with van der Waals surface area (Å²) < 4.78 is 0. The van der Waals surface area contributed by atoms with E-state index < -0.39 is 0 Å². The van der Waals surface area contributed by atoms with Crippen molar-refractivity contribution in [2.45, 2.75) is 26.2 Å². The quantitative estimate of drug-likeness (QED) is 0.657. The van der Waals surface area contributed by atoms with Crippen LogP contribution in [-0.4, -0.2) is 20.0 Å². The highest BCUT2D eigenvalue weighted by atomic mass is 14.7. The zero-order valence-corrected chi connectivity index (χ0v) is 9.91. The molecule has 0 atom stereocenters. The average Bonchev–Trinajstić information content (AvgIpc) is 2.17. The maximum absolute atomic E-state index is 4.02. The number of benzene rings is 1. The van der Waals surface area contributed by atoms with E-state index in [1.54, 1.807) is 7.05 Å². The predicted molar refractivity (Wildman–Crippen MR) is 67.9 cm³/mol. The van der Waals surface area contributed by atoms with Crippen molar-refractivity contribution >= 4 is 18.6 Å². The van der Waals surface area contributed by atoms with Crippen LogP contribution in [0.1, 0.15) is 31.9 Å². The van der Waals surface area contributed by atoms with Crippen LogP contribution in [0.5, 0.6) is 0 Å². The highest BCUT2D eigenvalue weighted by molar-refractivity contribution is 5.87. The molecule has 0 saturated carbocycles. The molecule has 1 aromatic rings. The first kappa shape index (κ1) is 11.6. The molecule has 15 heavy (non-hydrogen) atoms. The molecule has 0 fully saturated rings. The van der Waals surface area contributed by atoms with Gasteiger partial charge in [0.15, 0.2) is 0 Å². The molecule has 0 spiro atoms. The Labute approximate surface area is 91.8 Å². The van der Waals surface area contributed by atoms with Gasteiger partial charge in [-0.05, 0) is 29.8 Å². The van der Waals surface area contributed by atoms with E-state index in [1.807, 2.05) is 12.3 Å². The lowest BCUT2D eigenvalue weighted by molar-refractivity contribution is 0.590. The average molecular weight is 202 g/mol. The van der Waals surface area contributed by atoms with Gasteiger partial charge in [-0.1, -0.05) is 26.8 Å². The fourth-order valence-electron chi connectivity index (χ4n) is 1.41. The first-order valence-electron chi connectivity index (χ1n) is 5.02. The summed E-state index contributed by atoms with van der Waals surface area (Å²) in [5, 5.41) is 0. The summed E-state index contributed by atoms with van der Waals surface area (Å²) in [6.45, 7) is 10.1. The Morgan fingerprint density at radius 3 is 2.40 bits per heavy atom. The predicted octanol–water partition coefficient (Wildman–Crippen LogP) is 3.36. The minimum absolute atomic E-state index is 0.149. The molecule has 0 aromatic heterocycles. The molecule has 0 aliphatic rings. The molecule has 1 rings (SSSR count). The molecule has 0 unspecified atom stereocenters. The van der Waals surface area contributed by atoms with Gasteiger partial charge in [0.05, 0.1) is 5.69 Å². The SMILES string of the molecule is C=Nc1ccc(C(C)(C)C)cc1/C=N\C. The van der Waals surface area contributed by atoms with Crippen LogP contribution in [0.3, 0.4) is 0 Å². The fourth-order valence-corrected chi connectivity index (χ4v) is 1.41. The second-order valence-corrected chi connectivity index (χ2v) is 4.57. The zero-order chi connectivity index (χ0) is 11.5.